The number of hydrogen-bond acceptors (Lipinski definition) is 6. The highest BCUT2D eigenvalue weighted by molar-refractivity contribution is 5.91. The van der Waals surface area contributed by atoms with Crippen molar-refractivity contribution in [3.63, 3.8) is 0 Å². The molecule has 0 heterocycles. The highest BCUT2D eigenvalue weighted by Crippen LogP contribution is 2.39. The molecule has 8 heteroatoms. The predicted octanol–water partition coefficient (Wildman–Crippen LogP) is 2.59. The Hall–Kier alpha value is -2.51. The van der Waals surface area contributed by atoms with Crippen molar-refractivity contribution in [2.75, 3.05) is 7.11 Å². The van der Waals surface area contributed by atoms with Crippen LogP contribution in [-0.4, -0.2) is 22.9 Å². The van der Waals surface area contributed by atoms with Crippen LogP contribution in [0.15, 0.2) is 12.1 Å². The van der Waals surface area contributed by atoms with Crippen LogP contribution in [0.5, 0.6) is 0 Å². The number of nitrogens with zero attached hydrogens (tertiary/aromatic N) is 2. The van der Waals surface area contributed by atoms with Gasteiger partial charge in [-0.3, -0.25) is 20.2 Å². The molecule has 0 aliphatic rings. The first kappa shape index (κ1) is 15.5. The molecule has 108 valence electrons. The number of ether oxygens (including phenoxy) is 1. The average Bonchev–Trinajstić information content (AvgIpc) is 2.34. The lowest BCUT2D eigenvalue weighted by molar-refractivity contribution is -0.396. The molecular weight excluding hydrogens is 268 g/mol. The summed E-state index contributed by atoms with van der Waals surface area (Å²) in [7, 11) is 1.09. The monoisotopic (exact) mass is 282 g/mol. The molecule has 0 atom stereocenters. The number of hydrogen-bond donors (Lipinski definition) is 0. The minimum absolute atomic E-state index is 0.0276. The number of methoxy groups -OCH3 is 1. The molecule has 0 N–H and O–H groups in total. The van der Waals surface area contributed by atoms with E-state index in [-0.39, 0.29) is 11.1 Å². The summed E-state index contributed by atoms with van der Waals surface area (Å²) < 4.78 is 4.45. The van der Waals surface area contributed by atoms with Gasteiger partial charge < -0.3 is 4.74 Å². The van der Waals surface area contributed by atoms with Crippen LogP contribution in [0.2, 0.25) is 0 Å². The van der Waals surface area contributed by atoms with E-state index in [0.717, 1.165) is 19.2 Å². The Bertz CT molecular complexity index is 553. The van der Waals surface area contributed by atoms with Crippen molar-refractivity contribution in [3.8, 4) is 0 Å². The summed E-state index contributed by atoms with van der Waals surface area (Å²) in [6.07, 6.45) is 0. The molecule has 0 unspecified atom stereocenters. The first-order valence-corrected chi connectivity index (χ1v) is 5.65. The van der Waals surface area contributed by atoms with Crippen LogP contribution in [0.25, 0.3) is 0 Å². The summed E-state index contributed by atoms with van der Waals surface area (Å²) in [4.78, 5) is 32.3. The molecule has 0 saturated heterocycles. The van der Waals surface area contributed by atoms with Gasteiger partial charge in [0.15, 0.2) is 0 Å². The minimum atomic E-state index is -0.864. The van der Waals surface area contributed by atoms with E-state index in [9.17, 15) is 25.0 Å². The number of carbonyl (C=O) groups excluding carboxylic acids is 1. The highest BCUT2D eigenvalue weighted by atomic mass is 16.6. The fourth-order valence-electron chi connectivity index (χ4n) is 1.90. The zero-order chi connectivity index (χ0) is 15.7. The molecule has 0 aliphatic carbocycles. The van der Waals surface area contributed by atoms with Gasteiger partial charge in [-0.05, 0) is 0 Å². The maximum atomic E-state index is 11.5. The quantitative estimate of drug-likeness (QED) is 0.478. The van der Waals surface area contributed by atoms with Gasteiger partial charge >= 0.3 is 5.97 Å². The Morgan fingerprint density at radius 2 is 1.50 bits per heavy atom. The van der Waals surface area contributed by atoms with E-state index in [1.807, 2.05) is 0 Å². The van der Waals surface area contributed by atoms with Crippen LogP contribution in [-0.2, 0) is 10.2 Å². The number of benzene rings is 1. The molecule has 0 aromatic heterocycles. The Kier molecular flexibility index (Phi) is 4.07. The van der Waals surface area contributed by atoms with E-state index < -0.39 is 32.6 Å². The smallest absolute Gasteiger partial charge is 0.338 e. The lowest BCUT2D eigenvalue weighted by atomic mass is 9.83. The van der Waals surface area contributed by atoms with Crippen molar-refractivity contribution >= 4 is 17.3 Å². The van der Waals surface area contributed by atoms with Crippen LogP contribution in [0.3, 0.4) is 0 Å². The molecule has 0 bridgehead atoms. The number of rotatable bonds is 3. The molecule has 1 rings (SSSR count). The van der Waals surface area contributed by atoms with Crippen molar-refractivity contribution in [1.82, 2.24) is 0 Å². The van der Waals surface area contributed by atoms with Crippen molar-refractivity contribution in [1.29, 1.82) is 0 Å². The number of nitro groups is 2. The summed E-state index contributed by atoms with van der Waals surface area (Å²) >= 11 is 0. The predicted molar refractivity (Wildman–Crippen MR) is 69.8 cm³/mol. The molecule has 20 heavy (non-hydrogen) atoms. The van der Waals surface area contributed by atoms with Crippen LogP contribution < -0.4 is 0 Å². The normalized spacial score (nSPS) is 11.0. The molecule has 0 fully saturated rings. The minimum Gasteiger partial charge on any atom is -0.465 e. The van der Waals surface area contributed by atoms with Crippen molar-refractivity contribution in [3.05, 3.63) is 43.5 Å². The van der Waals surface area contributed by atoms with Crippen LogP contribution >= 0.6 is 0 Å². The Morgan fingerprint density at radius 3 is 1.75 bits per heavy atom. The summed E-state index contributed by atoms with van der Waals surface area (Å²) in [6, 6.07) is 2.00. The molecule has 1 aromatic carbocycles. The molecular formula is C12H14N2O6. The largest absolute Gasteiger partial charge is 0.465 e. The molecule has 1 aromatic rings. The van der Waals surface area contributed by atoms with Gasteiger partial charge in [0.1, 0.15) is 5.56 Å². The Morgan fingerprint density at radius 1 is 1.10 bits per heavy atom. The highest BCUT2D eigenvalue weighted by Gasteiger charge is 2.35. The zero-order valence-corrected chi connectivity index (χ0v) is 11.5. The third kappa shape index (κ3) is 2.90. The molecule has 8 nitrogen and oxygen atoms in total. The maximum Gasteiger partial charge on any atom is 0.338 e. The molecule has 0 amide bonds. The van der Waals surface area contributed by atoms with E-state index in [1.54, 1.807) is 20.8 Å². The van der Waals surface area contributed by atoms with Gasteiger partial charge in [-0.2, -0.15) is 0 Å². The Balaban J connectivity index is 3.78. The first-order chi connectivity index (χ1) is 9.09. The molecule has 0 radical (unpaired) electrons. The third-order valence-electron chi connectivity index (χ3n) is 2.66. The van der Waals surface area contributed by atoms with E-state index >= 15 is 0 Å². The van der Waals surface area contributed by atoms with E-state index in [1.165, 1.54) is 0 Å². The van der Waals surface area contributed by atoms with Gasteiger partial charge in [-0.25, -0.2) is 4.79 Å². The fraction of sp³-hybridized carbons (Fsp3) is 0.417. The van der Waals surface area contributed by atoms with E-state index in [2.05, 4.69) is 4.74 Å². The molecule has 0 spiro atoms. The topological polar surface area (TPSA) is 113 Å². The van der Waals surface area contributed by atoms with Gasteiger partial charge in [0, 0.05) is 17.5 Å². The lowest BCUT2D eigenvalue weighted by Crippen LogP contribution is -2.17. The first-order valence-electron chi connectivity index (χ1n) is 5.65. The summed E-state index contributed by atoms with van der Waals surface area (Å²) in [5, 5.41) is 22.3. The standard InChI is InChI=1S/C12H14N2O6/c1-12(2,3)10-8(13(16)17)5-7(11(15)20-4)6-9(10)14(18)19/h5-6H,1-4H3. The average molecular weight is 282 g/mol. The molecule has 0 saturated carbocycles. The lowest BCUT2D eigenvalue weighted by Gasteiger charge is -2.19. The van der Waals surface area contributed by atoms with Crippen LogP contribution in [0, 0.1) is 20.2 Å². The second-order valence-electron chi connectivity index (χ2n) is 5.15. The summed E-state index contributed by atoms with van der Waals surface area (Å²) in [5.41, 5.74) is -2.00. The van der Waals surface area contributed by atoms with Crippen molar-refractivity contribution in [2.24, 2.45) is 0 Å². The second kappa shape index (κ2) is 5.24. The summed E-state index contributed by atoms with van der Waals surface area (Å²) in [5.74, 6) is -0.864. The fourth-order valence-corrected chi connectivity index (χ4v) is 1.90. The number of esters is 1. The van der Waals surface area contributed by atoms with E-state index in [4.69, 9.17) is 0 Å². The Labute approximate surface area is 114 Å². The molecule has 0 aliphatic heterocycles. The van der Waals surface area contributed by atoms with Crippen molar-refractivity contribution < 1.29 is 19.4 Å². The second-order valence-corrected chi connectivity index (χ2v) is 5.15. The van der Waals surface area contributed by atoms with Crippen LogP contribution in [0.4, 0.5) is 11.4 Å². The number of nitro benzene ring substituents is 2. The van der Waals surface area contributed by atoms with E-state index in [0.29, 0.717) is 0 Å². The SMILES string of the molecule is COC(=O)c1cc([N+](=O)[O-])c(C(C)(C)C)c([N+](=O)[O-])c1. The number of carbonyl (C=O) groups is 1. The maximum absolute atomic E-state index is 11.5. The van der Waals surface area contributed by atoms with Crippen molar-refractivity contribution in [2.45, 2.75) is 26.2 Å². The summed E-state index contributed by atoms with van der Waals surface area (Å²) in [6.45, 7) is 4.88. The third-order valence-corrected chi connectivity index (χ3v) is 2.66. The van der Waals surface area contributed by atoms with Gasteiger partial charge in [-0.1, -0.05) is 20.8 Å². The van der Waals surface area contributed by atoms with Gasteiger partial charge in [-0.15, -0.1) is 0 Å². The van der Waals surface area contributed by atoms with Gasteiger partial charge in [0.05, 0.1) is 22.5 Å². The van der Waals surface area contributed by atoms with Crippen LogP contribution in [0.1, 0.15) is 36.7 Å². The van der Waals surface area contributed by atoms with Gasteiger partial charge in [0.25, 0.3) is 11.4 Å². The van der Waals surface area contributed by atoms with Gasteiger partial charge in [0.2, 0.25) is 0 Å². The zero-order valence-electron chi connectivity index (χ0n) is 11.5.